The first-order valence-corrected chi connectivity index (χ1v) is 7.39. The minimum absolute atomic E-state index is 0.260. The Morgan fingerprint density at radius 3 is 2.56 bits per heavy atom. The Morgan fingerprint density at radius 2 is 2.00 bits per heavy atom. The van der Waals surface area contributed by atoms with Crippen LogP contribution in [0.3, 0.4) is 0 Å². The lowest BCUT2D eigenvalue weighted by atomic mass is 10.2. The summed E-state index contributed by atoms with van der Waals surface area (Å²) in [5.74, 6) is -0.452. The van der Waals surface area contributed by atoms with Crippen LogP contribution in [0.1, 0.15) is 19.4 Å². The molecule has 102 valence electrons. The van der Waals surface area contributed by atoms with Crippen molar-refractivity contribution in [3.05, 3.63) is 29.6 Å². The Bertz CT molecular complexity index is 483. The number of rotatable bonds is 6. The van der Waals surface area contributed by atoms with E-state index >= 15 is 0 Å². The Hall–Kier alpha value is -1.14. The average molecular weight is 274 g/mol. The number of nitrogens with one attached hydrogen (secondary N) is 2. The van der Waals surface area contributed by atoms with Gasteiger partial charge in [0.2, 0.25) is 10.0 Å². The van der Waals surface area contributed by atoms with Crippen LogP contribution >= 0.6 is 0 Å². The summed E-state index contributed by atoms with van der Waals surface area (Å²) in [6.45, 7) is 6.29. The molecule has 0 radical (unpaired) electrons. The van der Waals surface area contributed by atoms with E-state index in [1.807, 2.05) is 6.92 Å². The third-order valence-corrected chi connectivity index (χ3v) is 4.26. The van der Waals surface area contributed by atoms with Crippen molar-refractivity contribution in [1.29, 1.82) is 0 Å². The van der Waals surface area contributed by atoms with Gasteiger partial charge in [-0.05, 0) is 44.2 Å². The molecular formula is C12H19FN2O2S. The lowest BCUT2D eigenvalue weighted by Crippen LogP contribution is -2.34. The Kier molecular flexibility index (Phi) is 5.10. The van der Waals surface area contributed by atoms with Crippen molar-refractivity contribution < 1.29 is 12.8 Å². The van der Waals surface area contributed by atoms with Crippen molar-refractivity contribution in [2.75, 3.05) is 17.8 Å². The molecule has 18 heavy (non-hydrogen) atoms. The van der Waals surface area contributed by atoms with E-state index in [9.17, 15) is 12.8 Å². The largest absolute Gasteiger partial charge is 0.316 e. The van der Waals surface area contributed by atoms with E-state index in [0.717, 1.165) is 0 Å². The van der Waals surface area contributed by atoms with Gasteiger partial charge in [-0.15, -0.1) is 0 Å². The van der Waals surface area contributed by atoms with Gasteiger partial charge in [-0.2, -0.15) is 0 Å². The monoisotopic (exact) mass is 274 g/mol. The van der Waals surface area contributed by atoms with Gasteiger partial charge in [-0.3, -0.25) is 4.72 Å². The summed E-state index contributed by atoms with van der Waals surface area (Å²) >= 11 is 0. The molecule has 0 amide bonds. The van der Waals surface area contributed by atoms with E-state index in [0.29, 0.717) is 18.7 Å². The van der Waals surface area contributed by atoms with Gasteiger partial charge >= 0.3 is 0 Å². The number of aryl methyl sites for hydroxylation is 1. The summed E-state index contributed by atoms with van der Waals surface area (Å²) < 4.78 is 39.5. The van der Waals surface area contributed by atoms with Crippen LogP contribution in [0, 0.1) is 12.7 Å². The Morgan fingerprint density at radius 1 is 1.33 bits per heavy atom. The normalized spacial score (nSPS) is 13.3. The van der Waals surface area contributed by atoms with Gasteiger partial charge in [0.05, 0.1) is 10.9 Å². The predicted molar refractivity (Wildman–Crippen MR) is 71.7 cm³/mol. The van der Waals surface area contributed by atoms with Crippen LogP contribution in [0.2, 0.25) is 0 Å². The molecule has 1 unspecified atom stereocenters. The highest BCUT2D eigenvalue weighted by molar-refractivity contribution is 7.93. The van der Waals surface area contributed by atoms with Crippen molar-refractivity contribution >= 4 is 15.7 Å². The van der Waals surface area contributed by atoms with Crippen LogP contribution in [0.4, 0.5) is 10.1 Å². The number of halogens is 1. The summed E-state index contributed by atoms with van der Waals surface area (Å²) in [6, 6.07) is 4.12. The second kappa shape index (κ2) is 6.15. The number of hydrogen-bond acceptors (Lipinski definition) is 3. The predicted octanol–water partition coefficient (Wildman–Crippen LogP) is 1.87. The molecule has 0 aliphatic rings. The summed E-state index contributed by atoms with van der Waals surface area (Å²) in [5.41, 5.74) is 0.933. The smallest absolute Gasteiger partial charge is 0.236 e. The SMILES string of the molecule is CCNCC(C)S(=O)(=O)Nc1cc(C)cc(F)c1. The summed E-state index contributed by atoms with van der Waals surface area (Å²) in [7, 11) is -3.50. The van der Waals surface area contributed by atoms with Crippen molar-refractivity contribution in [2.24, 2.45) is 0 Å². The molecule has 0 aromatic heterocycles. The second-order valence-corrected chi connectivity index (χ2v) is 6.38. The van der Waals surface area contributed by atoms with Crippen LogP contribution in [-0.2, 0) is 10.0 Å². The summed E-state index contributed by atoms with van der Waals surface area (Å²) in [4.78, 5) is 0. The molecule has 1 rings (SSSR count). The Labute approximate surface area is 108 Å². The lowest BCUT2D eigenvalue weighted by molar-refractivity contribution is 0.579. The van der Waals surface area contributed by atoms with E-state index in [1.54, 1.807) is 19.9 Å². The summed E-state index contributed by atoms with van der Waals surface area (Å²) in [5, 5.41) is 2.39. The molecule has 0 saturated carbocycles. The van der Waals surface area contributed by atoms with Crippen molar-refractivity contribution in [3.8, 4) is 0 Å². The zero-order valence-corrected chi connectivity index (χ0v) is 11.6. The molecule has 0 aliphatic heterocycles. The van der Waals surface area contributed by atoms with Gasteiger partial charge in [-0.1, -0.05) is 6.92 Å². The number of benzene rings is 1. The van der Waals surface area contributed by atoms with E-state index < -0.39 is 21.1 Å². The molecule has 0 spiro atoms. The zero-order valence-electron chi connectivity index (χ0n) is 10.8. The second-order valence-electron chi connectivity index (χ2n) is 4.28. The van der Waals surface area contributed by atoms with E-state index in [4.69, 9.17) is 0 Å². The third-order valence-electron chi connectivity index (χ3n) is 2.51. The highest BCUT2D eigenvalue weighted by Gasteiger charge is 2.20. The van der Waals surface area contributed by atoms with E-state index in [1.165, 1.54) is 12.1 Å². The van der Waals surface area contributed by atoms with Crippen molar-refractivity contribution in [1.82, 2.24) is 5.32 Å². The average Bonchev–Trinajstić information content (AvgIpc) is 2.23. The van der Waals surface area contributed by atoms with Gasteiger partial charge in [0.25, 0.3) is 0 Å². The maximum Gasteiger partial charge on any atom is 0.236 e. The fourth-order valence-corrected chi connectivity index (χ4v) is 2.50. The van der Waals surface area contributed by atoms with Crippen molar-refractivity contribution in [2.45, 2.75) is 26.0 Å². The van der Waals surface area contributed by atoms with Crippen LogP contribution in [0.25, 0.3) is 0 Å². The fraction of sp³-hybridized carbons (Fsp3) is 0.500. The first-order chi connectivity index (χ1) is 8.35. The Balaban J connectivity index is 2.81. The summed E-state index contributed by atoms with van der Waals surface area (Å²) in [6.07, 6.45) is 0. The quantitative estimate of drug-likeness (QED) is 0.832. The molecule has 1 aromatic rings. The molecule has 4 nitrogen and oxygen atoms in total. The van der Waals surface area contributed by atoms with Crippen molar-refractivity contribution in [3.63, 3.8) is 0 Å². The topological polar surface area (TPSA) is 58.2 Å². The van der Waals surface area contributed by atoms with Gasteiger partial charge in [-0.25, -0.2) is 12.8 Å². The minimum atomic E-state index is -3.50. The van der Waals surface area contributed by atoms with Gasteiger partial charge in [0.15, 0.2) is 0 Å². The molecule has 0 aliphatic carbocycles. The molecule has 2 N–H and O–H groups in total. The lowest BCUT2D eigenvalue weighted by Gasteiger charge is -2.15. The van der Waals surface area contributed by atoms with Gasteiger partial charge in [0.1, 0.15) is 5.82 Å². The van der Waals surface area contributed by atoms with E-state index in [-0.39, 0.29) is 5.69 Å². The standard InChI is InChI=1S/C12H19FN2O2S/c1-4-14-8-10(3)18(16,17)15-12-6-9(2)5-11(13)7-12/h5-7,10,14-15H,4,8H2,1-3H3. The first-order valence-electron chi connectivity index (χ1n) is 5.84. The minimum Gasteiger partial charge on any atom is -0.316 e. The molecule has 0 saturated heterocycles. The highest BCUT2D eigenvalue weighted by Crippen LogP contribution is 2.16. The molecule has 1 aromatic carbocycles. The van der Waals surface area contributed by atoms with Gasteiger partial charge < -0.3 is 5.32 Å². The molecular weight excluding hydrogens is 255 g/mol. The molecule has 0 fully saturated rings. The first kappa shape index (κ1) is 14.9. The fourth-order valence-electron chi connectivity index (χ4n) is 1.52. The zero-order chi connectivity index (χ0) is 13.8. The number of anilines is 1. The van der Waals surface area contributed by atoms with E-state index in [2.05, 4.69) is 10.0 Å². The molecule has 0 bridgehead atoms. The highest BCUT2D eigenvalue weighted by atomic mass is 32.2. The van der Waals surface area contributed by atoms with Crippen LogP contribution in [0.5, 0.6) is 0 Å². The number of hydrogen-bond donors (Lipinski definition) is 2. The molecule has 0 heterocycles. The van der Waals surface area contributed by atoms with Gasteiger partial charge in [0, 0.05) is 6.54 Å². The van der Waals surface area contributed by atoms with Crippen LogP contribution in [0.15, 0.2) is 18.2 Å². The van der Waals surface area contributed by atoms with Crippen LogP contribution < -0.4 is 10.0 Å². The maximum absolute atomic E-state index is 13.2. The molecule has 1 atom stereocenters. The third kappa shape index (κ3) is 4.27. The van der Waals surface area contributed by atoms with Crippen LogP contribution in [-0.4, -0.2) is 26.8 Å². The molecule has 6 heteroatoms. The number of sulfonamides is 1. The maximum atomic E-state index is 13.2.